The van der Waals surface area contributed by atoms with Crippen molar-refractivity contribution >= 4 is 17.5 Å². The maximum atomic E-state index is 13.9. The SMILES string of the molecule is CCC(=O)N1CCC2CCCC(CN(C(=O)CCc3nnc(C(C)C)o3)Cc3ccccc31)N2Cc1ccncc1. The Balaban J connectivity index is 1.46. The van der Waals surface area contributed by atoms with Crippen LogP contribution in [-0.4, -0.2) is 62.0 Å². The lowest BCUT2D eigenvalue weighted by atomic mass is 9.92. The number of anilines is 1. The Bertz CT molecular complexity index is 1310. The van der Waals surface area contributed by atoms with E-state index in [0.717, 1.165) is 43.5 Å². The van der Waals surface area contributed by atoms with E-state index in [1.165, 1.54) is 5.56 Å². The zero-order chi connectivity index (χ0) is 28.8. The van der Waals surface area contributed by atoms with E-state index in [9.17, 15) is 9.59 Å². The molecule has 3 aromatic rings. The maximum absolute atomic E-state index is 13.9. The zero-order valence-corrected chi connectivity index (χ0v) is 24.5. The third kappa shape index (κ3) is 7.01. The van der Waals surface area contributed by atoms with E-state index in [2.05, 4.69) is 38.3 Å². The van der Waals surface area contributed by atoms with Crippen molar-refractivity contribution in [2.45, 2.75) is 96.8 Å². The van der Waals surface area contributed by atoms with Gasteiger partial charge in [0, 0.05) is 81.5 Å². The molecule has 2 amide bonds. The van der Waals surface area contributed by atoms with Crippen LogP contribution in [0.15, 0.2) is 53.2 Å². The topological polar surface area (TPSA) is 95.7 Å². The molecule has 1 aromatic carbocycles. The fourth-order valence-corrected chi connectivity index (χ4v) is 6.13. The Hall–Kier alpha value is -3.59. The number of benzene rings is 1. The molecule has 1 saturated heterocycles. The molecule has 0 saturated carbocycles. The molecule has 0 spiro atoms. The molecular weight excluding hydrogens is 516 g/mol. The van der Waals surface area contributed by atoms with Gasteiger partial charge < -0.3 is 14.2 Å². The van der Waals surface area contributed by atoms with Crippen molar-refractivity contribution in [2.24, 2.45) is 0 Å². The molecule has 5 rings (SSSR count). The lowest BCUT2D eigenvalue weighted by Gasteiger charge is -2.44. The van der Waals surface area contributed by atoms with Gasteiger partial charge in [-0.25, -0.2) is 0 Å². The van der Waals surface area contributed by atoms with Crippen LogP contribution in [0.2, 0.25) is 0 Å². The van der Waals surface area contributed by atoms with Crippen LogP contribution in [0.3, 0.4) is 0 Å². The molecule has 9 heteroatoms. The van der Waals surface area contributed by atoms with E-state index in [4.69, 9.17) is 4.42 Å². The van der Waals surface area contributed by atoms with E-state index >= 15 is 0 Å². The van der Waals surface area contributed by atoms with Crippen molar-refractivity contribution in [3.8, 4) is 0 Å². The lowest BCUT2D eigenvalue weighted by molar-refractivity contribution is -0.133. The highest BCUT2D eigenvalue weighted by molar-refractivity contribution is 5.94. The van der Waals surface area contributed by atoms with Crippen molar-refractivity contribution in [1.29, 1.82) is 0 Å². The largest absolute Gasteiger partial charge is 0.425 e. The third-order valence-corrected chi connectivity index (χ3v) is 8.37. The van der Waals surface area contributed by atoms with Gasteiger partial charge in [-0.15, -0.1) is 10.2 Å². The monoisotopic (exact) mass is 558 g/mol. The average Bonchev–Trinajstić information content (AvgIpc) is 3.47. The molecule has 2 aliphatic rings. The summed E-state index contributed by atoms with van der Waals surface area (Å²) in [6.45, 7) is 8.49. The number of para-hydroxylation sites is 1. The number of carbonyl (C=O) groups excluding carboxylic acids is 2. The standard InChI is InChI=1S/C32H42N6O3/c1-4-30(39)37-19-16-26-9-7-10-27(38(26)20-24-14-17-33-18-15-24)22-36(21-25-8-5-6-11-28(25)37)31(40)13-12-29-34-35-32(41-29)23(2)3/h5-6,8,11,14-15,17-18,23,26-27H,4,7,9-10,12-13,16,19-22H2,1-3H3. The molecule has 218 valence electrons. The first-order valence-electron chi connectivity index (χ1n) is 15.1. The average molecular weight is 559 g/mol. The number of pyridine rings is 1. The molecule has 2 unspecified atom stereocenters. The number of carbonyl (C=O) groups is 2. The first-order valence-corrected chi connectivity index (χ1v) is 15.1. The maximum Gasteiger partial charge on any atom is 0.226 e. The number of nitrogens with zero attached hydrogens (tertiary/aromatic N) is 6. The van der Waals surface area contributed by atoms with Crippen LogP contribution in [0.1, 0.15) is 88.1 Å². The Morgan fingerprint density at radius 2 is 1.78 bits per heavy atom. The van der Waals surface area contributed by atoms with E-state index < -0.39 is 0 Å². The number of rotatable bonds is 7. The Labute approximate surface area is 242 Å². The fourth-order valence-electron chi connectivity index (χ4n) is 6.13. The van der Waals surface area contributed by atoms with Gasteiger partial charge in [-0.3, -0.25) is 19.5 Å². The van der Waals surface area contributed by atoms with Crippen LogP contribution < -0.4 is 4.90 Å². The van der Waals surface area contributed by atoms with Gasteiger partial charge in [-0.05, 0) is 48.6 Å². The summed E-state index contributed by atoms with van der Waals surface area (Å²) in [6.07, 6.45) is 8.94. The summed E-state index contributed by atoms with van der Waals surface area (Å²) in [6, 6.07) is 12.7. The molecule has 4 heterocycles. The van der Waals surface area contributed by atoms with Crippen molar-refractivity contribution in [2.75, 3.05) is 18.0 Å². The van der Waals surface area contributed by atoms with Crippen LogP contribution >= 0.6 is 0 Å². The molecule has 2 aliphatic heterocycles. The third-order valence-electron chi connectivity index (χ3n) is 8.37. The fraction of sp³-hybridized carbons (Fsp3) is 0.531. The van der Waals surface area contributed by atoms with E-state index in [-0.39, 0.29) is 23.8 Å². The van der Waals surface area contributed by atoms with Gasteiger partial charge >= 0.3 is 0 Å². The summed E-state index contributed by atoms with van der Waals surface area (Å²) in [5, 5.41) is 8.30. The van der Waals surface area contributed by atoms with Gasteiger partial charge in [0.25, 0.3) is 0 Å². The van der Waals surface area contributed by atoms with Crippen molar-refractivity contribution in [3.63, 3.8) is 0 Å². The number of fused-ring (bicyclic) bond motifs is 3. The van der Waals surface area contributed by atoms with E-state index in [1.807, 2.05) is 61.2 Å². The molecule has 41 heavy (non-hydrogen) atoms. The Morgan fingerprint density at radius 3 is 2.54 bits per heavy atom. The lowest BCUT2D eigenvalue weighted by Crippen LogP contribution is -2.52. The van der Waals surface area contributed by atoms with Crippen LogP contribution in [0.5, 0.6) is 0 Å². The highest BCUT2D eigenvalue weighted by Gasteiger charge is 2.34. The van der Waals surface area contributed by atoms with Gasteiger partial charge in [-0.1, -0.05) is 45.4 Å². The van der Waals surface area contributed by atoms with Crippen LogP contribution in [-0.2, 0) is 29.1 Å². The predicted octanol–water partition coefficient (Wildman–Crippen LogP) is 5.12. The number of hydrogen-bond acceptors (Lipinski definition) is 7. The molecule has 0 radical (unpaired) electrons. The minimum atomic E-state index is 0.0581. The molecule has 9 nitrogen and oxygen atoms in total. The normalized spacial score (nSPS) is 20.0. The van der Waals surface area contributed by atoms with Gasteiger partial charge in [0.05, 0.1) is 0 Å². The second-order valence-electron chi connectivity index (χ2n) is 11.5. The van der Waals surface area contributed by atoms with E-state index in [1.54, 1.807) is 0 Å². The summed E-state index contributed by atoms with van der Waals surface area (Å²) >= 11 is 0. The van der Waals surface area contributed by atoms with Gasteiger partial charge in [0.1, 0.15) is 0 Å². The van der Waals surface area contributed by atoms with E-state index in [0.29, 0.717) is 56.7 Å². The first kappa shape index (κ1) is 28.9. The van der Waals surface area contributed by atoms with Crippen molar-refractivity contribution in [3.05, 3.63) is 71.7 Å². The summed E-state index contributed by atoms with van der Waals surface area (Å²) in [5.41, 5.74) is 3.12. The Kier molecular flexibility index (Phi) is 9.44. The van der Waals surface area contributed by atoms with Crippen LogP contribution in [0, 0.1) is 0 Å². The molecule has 0 N–H and O–H groups in total. The van der Waals surface area contributed by atoms with Crippen molar-refractivity contribution < 1.29 is 14.0 Å². The summed E-state index contributed by atoms with van der Waals surface area (Å²) in [4.78, 5) is 37.9. The number of piperidine rings is 1. The Morgan fingerprint density at radius 1 is 1.00 bits per heavy atom. The molecule has 2 atom stereocenters. The quantitative estimate of drug-likeness (QED) is 0.397. The van der Waals surface area contributed by atoms with Gasteiger partial charge in [-0.2, -0.15) is 0 Å². The molecule has 0 aliphatic carbocycles. The van der Waals surface area contributed by atoms with Crippen molar-refractivity contribution in [1.82, 2.24) is 25.0 Å². The zero-order valence-electron chi connectivity index (χ0n) is 24.5. The minimum Gasteiger partial charge on any atom is -0.425 e. The summed E-state index contributed by atoms with van der Waals surface area (Å²) in [7, 11) is 0. The molecule has 2 aromatic heterocycles. The second-order valence-corrected chi connectivity index (χ2v) is 11.5. The number of hydrogen-bond donors (Lipinski definition) is 0. The molecule has 1 fully saturated rings. The van der Waals surface area contributed by atoms with Gasteiger partial charge in [0.2, 0.25) is 23.6 Å². The molecular formula is C32H42N6O3. The first-order chi connectivity index (χ1) is 19.9. The molecule has 2 bridgehead atoms. The second kappa shape index (κ2) is 13.4. The summed E-state index contributed by atoms with van der Waals surface area (Å²) in [5.74, 6) is 1.41. The minimum absolute atomic E-state index is 0.0581. The smallest absolute Gasteiger partial charge is 0.226 e. The predicted molar refractivity (Wildman–Crippen MR) is 157 cm³/mol. The number of aromatic nitrogens is 3. The highest BCUT2D eigenvalue weighted by Crippen LogP contribution is 2.32. The van der Waals surface area contributed by atoms with Gasteiger partial charge in [0.15, 0.2) is 0 Å². The number of amides is 2. The van der Waals surface area contributed by atoms with Crippen LogP contribution in [0.25, 0.3) is 0 Å². The number of aryl methyl sites for hydroxylation is 1. The van der Waals surface area contributed by atoms with Crippen LogP contribution in [0.4, 0.5) is 5.69 Å². The summed E-state index contributed by atoms with van der Waals surface area (Å²) < 4.78 is 5.79. The highest BCUT2D eigenvalue weighted by atomic mass is 16.4.